The fourth-order valence-corrected chi connectivity index (χ4v) is 1.35. The number of anilines is 1. The summed E-state index contributed by atoms with van der Waals surface area (Å²) in [5.41, 5.74) is 11.9. The molecule has 0 saturated carbocycles. The molecular formula is C11H13N5O2. The number of guanidine groups is 1. The van der Waals surface area contributed by atoms with E-state index in [0.29, 0.717) is 16.8 Å². The van der Waals surface area contributed by atoms with Gasteiger partial charge in [-0.05, 0) is 18.2 Å². The SMILES string of the molecule is C=CC(N)Oc1ccc2oc(NC(=N)N)nc2c1. The molecule has 1 aromatic heterocycles. The first kappa shape index (κ1) is 11.9. The second kappa shape index (κ2) is 4.76. The number of oxazole rings is 1. The molecule has 1 heterocycles. The summed E-state index contributed by atoms with van der Waals surface area (Å²) in [5, 5.41) is 9.55. The molecule has 0 radical (unpaired) electrons. The van der Waals surface area contributed by atoms with E-state index in [1.807, 2.05) is 0 Å². The van der Waals surface area contributed by atoms with E-state index in [-0.39, 0.29) is 12.0 Å². The van der Waals surface area contributed by atoms with E-state index in [0.717, 1.165) is 0 Å². The summed E-state index contributed by atoms with van der Waals surface area (Å²) in [6.07, 6.45) is 0.902. The molecule has 0 bridgehead atoms. The van der Waals surface area contributed by atoms with Crippen LogP contribution in [-0.2, 0) is 0 Å². The average molecular weight is 247 g/mol. The number of nitrogens with one attached hydrogen (secondary N) is 2. The van der Waals surface area contributed by atoms with E-state index in [1.54, 1.807) is 18.2 Å². The third-order valence-corrected chi connectivity index (χ3v) is 2.11. The minimum absolute atomic E-state index is 0.155. The van der Waals surface area contributed by atoms with E-state index in [1.165, 1.54) is 6.08 Å². The molecule has 0 amide bonds. The van der Waals surface area contributed by atoms with Crippen molar-refractivity contribution >= 4 is 23.1 Å². The molecule has 2 rings (SSSR count). The molecule has 0 aliphatic heterocycles. The van der Waals surface area contributed by atoms with E-state index < -0.39 is 6.23 Å². The van der Waals surface area contributed by atoms with Gasteiger partial charge in [-0.1, -0.05) is 6.58 Å². The zero-order chi connectivity index (χ0) is 13.1. The van der Waals surface area contributed by atoms with Gasteiger partial charge in [0.05, 0.1) is 0 Å². The quantitative estimate of drug-likeness (QED) is 0.276. The highest BCUT2D eigenvalue weighted by Crippen LogP contribution is 2.23. The van der Waals surface area contributed by atoms with E-state index in [2.05, 4.69) is 16.9 Å². The Kier molecular flexibility index (Phi) is 3.16. The second-order valence-electron chi connectivity index (χ2n) is 3.51. The summed E-state index contributed by atoms with van der Waals surface area (Å²) in [6.45, 7) is 3.52. The Morgan fingerprint density at radius 3 is 3.06 bits per heavy atom. The van der Waals surface area contributed by atoms with Crippen LogP contribution in [0.25, 0.3) is 11.1 Å². The van der Waals surface area contributed by atoms with Gasteiger partial charge in [0, 0.05) is 6.07 Å². The van der Waals surface area contributed by atoms with Gasteiger partial charge in [0.15, 0.2) is 17.8 Å². The van der Waals surface area contributed by atoms with Crippen molar-refractivity contribution < 1.29 is 9.15 Å². The van der Waals surface area contributed by atoms with Gasteiger partial charge in [-0.2, -0.15) is 4.98 Å². The Labute approximate surface area is 103 Å². The lowest BCUT2D eigenvalue weighted by molar-refractivity contribution is 0.258. The van der Waals surface area contributed by atoms with Crippen LogP contribution < -0.4 is 21.5 Å². The highest BCUT2D eigenvalue weighted by molar-refractivity contribution is 5.89. The van der Waals surface area contributed by atoms with Crippen LogP contribution in [0.15, 0.2) is 35.3 Å². The molecule has 0 spiro atoms. The number of benzene rings is 1. The van der Waals surface area contributed by atoms with Gasteiger partial charge in [-0.15, -0.1) is 0 Å². The molecule has 7 nitrogen and oxygen atoms in total. The van der Waals surface area contributed by atoms with Crippen LogP contribution in [-0.4, -0.2) is 17.2 Å². The first-order valence-corrected chi connectivity index (χ1v) is 5.15. The lowest BCUT2D eigenvalue weighted by atomic mass is 10.3. The van der Waals surface area contributed by atoms with Crippen LogP contribution in [0.2, 0.25) is 0 Å². The van der Waals surface area contributed by atoms with E-state index in [4.69, 9.17) is 26.0 Å². The van der Waals surface area contributed by atoms with Crippen LogP contribution in [0.5, 0.6) is 5.75 Å². The summed E-state index contributed by atoms with van der Waals surface area (Å²) in [7, 11) is 0. The Balaban J connectivity index is 2.27. The summed E-state index contributed by atoms with van der Waals surface area (Å²) >= 11 is 0. The Hall–Kier alpha value is -2.54. The van der Waals surface area contributed by atoms with Crippen LogP contribution in [0, 0.1) is 5.41 Å². The molecule has 0 aliphatic rings. The third-order valence-electron chi connectivity index (χ3n) is 2.11. The number of nitrogens with zero attached hydrogens (tertiary/aromatic N) is 1. The molecular weight excluding hydrogens is 234 g/mol. The first-order valence-electron chi connectivity index (χ1n) is 5.15. The molecule has 1 unspecified atom stereocenters. The second-order valence-corrected chi connectivity index (χ2v) is 3.51. The number of rotatable bonds is 4. The predicted molar refractivity (Wildman–Crippen MR) is 68.3 cm³/mol. The largest absolute Gasteiger partial charge is 0.472 e. The van der Waals surface area contributed by atoms with Gasteiger partial charge < -0.3 is 14.9 Å². The summed E-state index contributed by atoms with van der Waals surface area (Å²) < 4.78 is 10.7. The van der Waals surface area contributed by atoms with Crippen molar-refractivity contribution in [3.63, 3.8) is 0 Å². The summed E-state index contributed by atoms with van der Waals surface area (Å²) in [4.78, 5) is 4.10. The van der Waals surface area contributed by atoms with Gasteiger partial charge in [-0.3, -0.25) is 16.5 Å². The third kappa shape index (κ3) is 2.58. The van der Waals surface area contributed by atoms with Crippen LogP contribution in [0.3, 0.4) is 0 Å². The van der Waals surface area contributed by atoms with Gasteiger partial charge in [0.25, 0.3) is 0 Å². The first-order chi connectivity index (χ1) is 8.58. The Morgan fingerprint density at radius 1 is 1.61 bits per heavy atom. The number of aromatic nitrogens is 1. The monoisotopic (exact) mass is 247 g/mol. The highest BCUT2D eigenvalue weighted by Gasteiger charge is 2.08. The fraction of sp³-hybridized carbons (Fsp3) is 0.0909. The lowest BCUT2D eigenvalue weighted by Gasteiger charge is -2.09. The van der Waals surface area contributed by atoms with Gasteiger partial charge in [-0.25, -0.2) is 0 Å². The van der Waals surface area contributed by atoms with E-state index >= 15 is 0 Å². The standard InChI is InChI=1S/C11H13N5O2/c1-2-9(12)17-6-3-4-8-7(5-6)15-11(18-8)16-10(13)14/h2-5,9H,1,12H2,(H4,13,14,15,16). The van der Waals surface area contributed by atoms with Crippen molar-refractivity contribution in [1.29, 1.82) is 5.41 Å². The van der Waals surface area contributed by atoms with Crippen LogP contribution in [0.1, 0.15) is 0 Å². The molecule has 7 heteroatoms. The van der Waals surface area contributed by atoms with Crippen molar-refractivity contribution in [2.75, 3.05) is 5.32 Å². The molecule has 0 fully saturated rings. The fourth-order valence-electron chi connectivity index (χ4n) is 1.35. The van der Waals surface area contributed by atoms with E-state index in [9.17, 15) is 0 Å². The van der Waals surface area contributed by atoms with Crippen LogP contribution in [0.4, 0.5) is 6.01 Å². The van der Waals surface area contributed by atoms with Gasteiger partial charge in [0.2, 0.25) is 0 Å². The topological polar surface area (TPSA) is 123 Å². The highest BCUT2D eigenvalue weighted by atomic mass is 16.5. The average Bonchev–Trinajstić information content (AvgIpc) is 2.69. The Morgan fingerprint density at radius 2 is 2.39 bits per heavy atom. The minimum atomic E-state index is -0.579. The van der Waals surface area contributed by atoms with Crippen molar-refractivity contribution in [3.05, 3.63) is 30.9 Å². The number of hydrogen-bond donors (Lipinski definition) is 4. The lowest BCUT2D eigenvalue weighted by Crippen LogP contribution is -2.23. The van der Waals surface area contributed by atoms with Crippen molar-refractivity contribution in [1.82, 2.24) is 4.98 Å². The maximum absolute atomic E-state index is 7.08. The minimum Gasteiger partial charge on any atom is -0.472 e. The molecule has 94 valence electrons. The van der Waals surface area contributed by atoms with Crippen molar-refractivity contribution in [2.24, 2.45) is 11.5 Å². The van der Waals surface area contributed by atoms with Crippen molar-refractivity contribution in [3.8, 4) is 5.75 Å². The number of ether oxygens (including phenoxy) is 1. The molecule has 1 aromatic carbocycles. The zero-order valence-electron chi connectivity index (χ0n) is 9.51. The Bertz CT molecular complexity index is 592. The maximum Gasteiger partial charge on any atom is 0.302 e. The summed E-state index contributed by atoms with van der Waals surface area (Å²) in [6, 6.07) is 5.23. The normalized spacial score (nSPS) is 12.1. The van der Waals surface area contributed by atoms with Gasteiger partial charge >= 0.3 is 6.01 Å². The molecule has 1 atom stereocenters. The smallest absolute Gasteiger partial charge is 0.302 e. The van der Waals surface area contributed by atoms with Gasteiger partial charge in [0.1, 0.15) is 11.3 Å². The number of hydrogen-bond acceptors (Lipinski definition) is 5. The predicted octanol–water partition coefficient (Wildman–Crippen LogP) is 0.983. The van der Waals surface area contributed by atoms with Crippen LogP contribution >= 0.6 is 0 Å². The maximum atomic E-state index is 7.08. The van der Waals surface area contributed by atoms with Crippen molar-refractivity contribution in [2.45, 2.75) is 6.23 Å². The number of nitrogens with two attached hydrogens (primary N) is 2. The molecule has 0 saturated heterocycles. The summed E-state index contributed by atoms with van der Waals surface area (Å²) in [5.74, 6) is 0.310. The molecule has 6 N–H and O–H groups in total. The molecule has 18 heavy (non-hydrogen) atoms. The molecule has 0 aliphatic carbocycles. The zero-order valence-corrected chi connectivity index (χ0v) is 9.51. The number of fused-ring (bicyclic) bond motifs is 1. The molecule has 2 aromatic rings.